The topological polar surface area (TPSA) is 113 Å². The highest BCUT2D eigenvalue weighted by molar-refractivity contribution is 7.91. The zero-order valence-corrected chi connectivity index (χ0v) is 22.1. The van der Waals surface area contributed by atoms with Crippen LogP contribution in [-0.4, -0.2) is 48.2 Å². The van der Waals surface area contributed by atoms with Crippen molar-refractivity contribution in [3.05, 3.63) is 70.6 Å². The van der Waals surface area contributed by atoms with Crippen molar-refractivity contribution >= 4 is 55.8 Å². The van der Waals surface area contributed by atoms with E-state index in [4.69, 9.17) is 27.9 Å². The first-order chi connectivity index (χ1) is 17.8. The molecule has 0 saturated heterocycles. The van der Waals surface area contributed by atoms with Gasteiger partial charge in [0, 0.05) is 35.7 Å². The lowest BCUT2D eigenvalue weighted by Crippen LogP contribution is -2.31. The fraction of sp³-hybridized carbons (Fsp3) is 0.240. The Hall–Kier alpha value is -3.52. The van der Waals surface area contributed by atoms with Crippen molar-refractivity contribution in [2.75, 3.05) is 34.9 Å². The molecule has 37 heavy (non-hydrogen) atoms. The van der Waals surface area contributed by atoms with Crippen molar-refractivity contribution in [2.45, 2.75) is 13.0 Å². The number of halogens is 2. The molecule has 0 saturated carbocycles. The summed E-state index contributed by atoms with van der Waals surface area (Å²) in [7, 11) is -3.46. The Morgan fingerprint density at radius 3 is 2.81 bits per heavy atom. The molecule has 5 rings (SSSR count). The molecule has 2 aromatic carbocycles. The fourth-order valence-electron chi connectivity index (χ4n) is 4.38. The number of benzene rings is 2. The Morgan fingerprint density at radius 2 is 2.05 bits per heavy atom. The van der Waals surface area contributed by atoms with Crippen LogP contribution in [0.2, 0.25) is 5.02 Å². The van der Waals surface area contributed by atoms with E-state index in [2.05, 4.69) is 31.7 Å². The lowest BCUT2D eigenvalue weighted by Gasteiger charge is -2.30. The second-order valence-electron chi connectivity index (χ2n) is 8.59. The average Bonchev–Trinajstić information content (AvgIpc) is 3.29. The molecule has 0 unspecified atom stereocenters. The van der Waals surface area contributed by atoms with E-state index in [9.17, 15) is 13.7 Å². The zero-order chi connectivity index (χ0) is 26.2. The first-order valence-corrected chi connectivity index (χ1v) is 14.2. The summed E-state index contributed by atoms with van der Waals surface area (Å²) in [6.07, 6.45) is 5.44. The monoisotopic (exact) mass is 556 g/mol. The predicted octanol–water partition coefficient (Wildman–Crippen LogP) is 4.50. The Morgan fingerprint density at radius 1 is 1.22 bits per heavy atom. The van der Waals surface area contributed by atoms with Gasteiger partial charge >= 0.3 is 0 Å². The van der Waals surface area contributed by atoms with Gasteiger partial charge in [0.15, 0.2) is 5.75 Å². The second-order valence-corrected chi connectivity index (χ2v) is 11.1. The zero-order valence-electron chi connectivity index (χ0n) is 19.8. The van der Waals surface area contributed by atoms with Crippen molar-refractivity contribution in [1.29, 1.82) is 5.26 Å². The summed E-state index contributed by atoms with van der Waals surface area (Å²) >= 11 is 12.2. The summed E-state index contributed by atoms with van der Waals surface area (Å²) in [5.74, 6) is 0.698. The van der Waals surface area contributed by atoms with Crippen LogP contribution in [0.1, 0.15) is 16.8 Å². The highest BCUT2D eigenvalue weighted by atomic mass is 35.5. The predicted molar refractivity (Wildman–Crippen MR) is 144 cm³/mol. The molecule has 0 fully saturated rings. The molecule has 0 spiro atoms. The minimum absolute atomic E-state index is 0.0742. The third-order valence-corrected chi connectivity index (χ3v) is 7.00. The van der Waals surface area contributed by atoms with Crippen LogP contribution in [0, 0.1) is 11.3 Å². The van der Waals surface area contributed by atoms with Crippen molar-refractivity contribution in [3.63, 3.8) is 0 Å². The summed E-state index contributed by atoms with van der Waals surface area (Å²) in [5, 5.41) is 11.0. The van der Waals surface area contributed by atoms with E-state index in [1.165, 1.54) is 0 Å². The van der Waals surface area contributed by atoms with E-state index in [-0.39, 0.29) is 12.6 Å². The molecular weight excluding hydrogens is 535 g/mol. The van der Waals surface area contributed by atoms with E-state index in [0.717, 1.165) is 52.8 Å². The van der Waals surface area contributed by atoms with Gasteiger partial charge in [-0.15, -0.1) is 11.6 Å². The quantitative estimate of drug-likeness (QED) is 0.333. The average molecular weight is 557 g/mol. The van der Waals surface area contributed by atoms with Gasteiger partial charge in [-0.3, -0.25) is 4.72 Å². The lowest BCUT2D eigenvalue weighted by atomic mass is 10.1. The number of hydrogen-bond donors (Lipinski definition) is 1. The molecule has 0 bridgehead atoms. The number of nitrogens with zero attached hydrogens (tertiary/aromatic N) is 5. The largest absolute Gasteiger partial charge is 0.489 e. The third-order valence-electron chi connectivity index (χ3n) is 6.01. The molecule has 0 radical (unpaired) electrons. The maximum Gasteiger partial charge on any atom is 0.236 e. The van der Waals surface area contributed by atoms with E-state index in [0.29, 0.717) is 28.8 Å². The smallest absolute Gasteiger partial charge is 0.236 e. The third kappa shape index (κ3) is 5.30. The summed E-state index contributed by atoms with van der Waals surface area (Å²) in [4.78, 5) is 10.7. The second kappa shape index (κ2) is 10.1. The molecule has 0 amide bonds. The van der Waals surface area contributed by atoms with Crippen LogP contribution in [0.3, 0.4) is 0 Å². The minimum atomic E-state index is -3.46. The Balaban J connectivity index is 1.43. The number of hydrogen-bond acceptors (Lipinski definition) is 7. The number of rotatable bonds is 7. The fourth-order valence-corrected chi connectivity index (χ4v) is 5.15. The molecule has 190 valence electrons. The number of fused-ring (bicyclic) bond motifs is 2. The van der Waals surface area contributed by atoms with Crippen LogP contribution in [0.4, 0.5) is 11.6 Å². The molecule has 4 aromatic rings. The highest BCUT2D eigenvalue weighted by Crippen LogP contribution is 2.34. The first-order valence-electron chi connectivity index (χ1n) is 11.4. The van der Waals surface area contributed by atoms with E-state index in [1.807, 2.05) is 29.0 Å². The molecule has 9 nitrogen and oxygen atoms in total. The molecular formula is C25H22Cl2N6O3S. The maximum absolute atomic E-state index is 11.6. The summed E-state index contributed by atoms with van der Waals surface area (Å²) in [6.45, 7) is 1.58. The molecule has 12 heteroatoms. The highest BCUT2D eigenvalue weighted by Gasteiger charge is 2.21. The Labute approximate surface area is 224 Å². The summed E-state index contributed by atoms with van der Waals surface area (Å²) < 4.78 is 33.0. The van der Waals surface area contributed by atoms with Crippen LogP contribution in [0.5, 0.6) is 5.75 Å². The normalized spacial score (nSPS) is 13.3. The van der Waals surface area contributed by atoms with Gasteiger partial charge in [-0.05, 0) is 48.4 Å². The SMILES string of the molecule is CS(=O)(=O)Nc1ncc2c(n1)CN(c1ccc3c(ccn3-c3cc(Cl)c(OCCCl)c(C#N)c3)c1)CC2. The molecule has 1 aliphatic rings. The van der Waals surface area contributed by atoms with Crippen LogP contribution in [0.25, 0.3) is 16.6 Å². The van der Waals surface area contributed by atoms with Gasteiger partial charge in [0.1, 0.15) is 12.7 Å². The molecule has 3 heterocycles. The lowest BCUT2D eigenvalue weighted by molar-refractivity contribution is 0.342. The van der Waals surface area contributed by atoms with Crippen LogP contribution in [0.15, 0.2) is 48.8 Å². The molecule has 2 aromatic heterocycles. The molecule has 0 aliphatic carbocycles. The number of sulfonamides is 1. The number of anilines is 2. The number of aromatic nitrogens is 3. The maximum atomic E-state index is 11.6. The number of ether oxygens (including phenoxy) is 1. The molecule has 0 atom stereocenters. The Bertz CT molecular complexity index is 1650. The van der Waals surface area contributed by atoms with E-state index >= 15 is 0 Å². The summed E-state index contributed by atoms with van der Waals surface area (Å²) in [6, 6.07) is 13.8. The van der Waals surface area contributed by atoms with Gasteiger partial charge < -0.3 is 14.2 Å². The van der Waals surface area contributed by atoms with Gasteiger partial charge in [-0.2, -0.15) is 5.26 Å². The number of nitriles is 1. The van der Waals surface area contributed by atoms with Crippen molar-refractivity contribution in [1.82, 2.24) is 14.5 Å². The van der Waals surface area contributed by atoms with Gasteiger partial charge in [0.25, 0.3) is 0 Å². The van der Waals surface area contributed by atoms with Gasteiger partial charge in [0.05, 0.1) is 40.5 Å². The minimum Gasteiger partial charge on any atom is -0.489 e. The molecule has 1 aliphatic heterocycles. The van der Waals surface area contributed by atoms with Crippen LogP contribution >= 0.6 is 23.2 Å². The van der Waals surface area contributed by atoms with E-state index < -0.39 is 10.0 Å². The van der Waals surface area contributed by atoms with E-state index in [1.54, 1.807) is 18.3 Å². The van der Waals surface area contributed by atoms with Gasteiger partial charge in [0.2, 0.25) is 16.0 Å². The summed E-state index contributed by atoms with van der Waals surface area (Å²) in [5.41, 5.74) is 4.86. The van der Waals surface area contributed by atoms with Gasteiger partial charge in [-0.25, -0.2) is 18.4 Å². The van der Waals surface area contributed by atoms with Gasteiger partial charge in [-0.1, -0.05) is 11.6 Å². The van der Waals surface area contributed by atoms with Crippen molar-refractivity contribution in [2.24, 2.45) is 0 Å². The van der Waals surface area contributed by atoms with Crippen molar-refractivity contribution < 1.29 is 13.2 Å². The number of alkyl halides is 1. The Kier molecular flexibility index (Phi) is 6.86. The first kappa shape index (κ1) is 25.1. The number of nitrogens with one attached hydrogen (secondary N) is 1. The van der Waals surface area contributed by atoms with Crippen LogP contribution < -0.4 is 14.4 Å². The van der Waals surface area contributed by atoms with Crippen LogP contribution in [-0.2, 0) is 23.0 Å². The van der Waals surface area contributed by atoms with Crippen molar-refractivity contribution in [3.8, 4) is 17.5 Å². The molecule has 1 N–H and O–H groups in total. The standard InChI is InChI=1S/C25H22Cl2N6O3S/c1-37(34,35)31-25-29-14-17-4-7-32(15-22(17)30-25)19-2-3-23-16(10-19)5-8-33(23)20-11-18(13-28)24(21(27)12-20)36-9-6-26/h2-3,5,8,10-12,14H,4,6-7,9,15H2,1H3,(H,29,30,31).